The summed E-state index contributed by atoms with van der Waals surface area (Å²) in [5.74, 6) is 2.21. The Hall–Kier alpha value is -3.35. The molecule has 0 radical (unpaired) electrons. The quantitative estimate of drug-likeness (QED) is 0.630. The Balaban J connectivity index is 1.39. The minimum atomic E-state index is -0.0690. The molecule has 26 heavy (non-hydrogen) atoms. The van der Waals surface area contributed by atoms with Crippen molar-refractivity contribution in [3.05, 3.63) is 61.3 Å². The Morgan fingerprint density at radius 2 is 1.96 bits per heavy atom. The number of nitrogens with zero attached hydrogens (tertiary/aromatic N) is 3. The van der Waals surface area contributed by atoms with Gasteiger partial charge in [0.25, 0.3) is 0 Å². The van der Waals surface area contributed by atoms with Crippen LogP contribution in [-0.4, -0.2) is 34.2 Å². The summed E-state index contributed by atoms with van der Waals surface area (Å²) in [6.07, 6.45) is 7.79. The van der Waals surface area contributed by atoms with Crippen molar-refractivity contribution in [1.82, 2.24) is 14.5 Å². The van der Waals surface area contributed by atoms with Crippen molar-refractivity contribution in [2.24, 2.45) is 0 Å². The van der Waals surface area contributed by atoms with E-state index in [1.54, 1.807) is 30.4 Å². The van der Waals surface area contributed by atoms with Crippen LogP contribution in [0.2, 0.25) is 0 Å². The van der Waals surface area contributed by atoms with Crippen LogP contribution in [0.4, 0.5) is 5.69 Å². The van der Waals surface area contributed by atoms with Crippen LogP contribution < -0.4 is 14.8 Å². The predicted octanol–water partition coefficient (Wildman–Crippen LogP) is 3.07. The van der Waals surface area contributed by atoms with E-state index in [2.05, 4.69) is 15.3 Å². The fourth-order valence-corrected chi connectivity index (χ4v) is 2.33. The van der Waals surface area contributed by atoms with Gasteiger partial charge in [-0.25, -0.2) is 9.97 Å². The molecule has 0 atom stereocenters. The number of anilines is 1. The normalized spacial score (nSPS) is 10.3. The average molecular weight is 352 g/mol. The number of imidazole rings is 1. The zero-order valence-corrected chi connectivity index (χ0v) is 14.5. The number of methoxy groups -OCH3 is 1. The summed E-state index contributed by atoms with van der Waals surface area (Å²) in [7, 11) is 1.62. The van der Waals surface area contributed by atoms with Crippen LogP contribution in [0, 0.1) is 0 Å². The molecule has 0 saturated heterocycles. The molecule has 1 N–H and O–H groups in total. The second-order valence-electron chi connectivity index (χ2n) is 5.55. The highest BCUT2D eigenvalue weighted by Crippen LogP contribution is 2.17. The van der Waals surface area contributed by atoms with Crippen LogP contribution in [0.5, 0.6) is 11.5 Å². The number of aromatic nitrogens is 3. The molecule has 3 rings (SSSR count). The number of amides is 1. The first kappa shape index (κ1) is 17.5. The lowest BCUT2D eigenvalue weighted by atomic mass is 10.3. The van der Waals surface area contributed by atoms with Gasteiger partial charge in [-0.2, -0.15) is 0 Å². The largest absolute Gasteiger partial charge is 0.497 e. The van der Waals surface area contributed by atoms with Gasteiger partial charge in [0.2, 0.25) is 5.91 Å². The molecule has 0 bridgehead atoms. The first-order chi connectivity index (χ1) is 12.7. The minimum Gasteiger partial charge on any atom is -0.497 e. The van der Waals surface area contributed by atoms with E-state index < -0.39 is 0 Å². The van der Waals surface area contributed by atoms with Crippen molar-refractivity contribution >= 4 is 11.6 Å². The molecule has 134 valence electrons. The molecular weight excluding hydrogens is 332 g/mol. The zero-order chi connectivity index (χ0) is 18.2. The van der Waals surface area contributed by atoms with Crippen molar-refractivity contribution in [2.75, 3.05) is 19.0 Å². The number of benzene rings is 1. The van der Waals surface area contributed by atoms with E-state index in [9.17, 15) is 4.79 Å². The maximum absolute atomic E-state index is 12.0. The molecular formula is C19H20N4O3. The standard InChI is InChI=1S/C19H20N4O3/c1-25-16-5-7-17(8-6-16)26-12-2-3-19(24)22-15-4-9-18(21-13-15)23-11-10-20-14-23/h4-11,13-14H,2-3,12H2,1H3,(H,22,24). The zero-order valence-electron chi connectivity index (χ0n) is 14.5. The molecule has 0 fully saturated rings. The highest BCUT2D eigenvalue weighted by atomic mass is 16.5. The summed E-state index contributed by atoms with van der Waals surface area (Å²) >= 11 is 0. The number of carbonyl (C=O) groups excluding carboxylic acids is 1. The summed E-state index contributed by atoms with van der Waals surface area (Å²) in [6, 6.07) is 11.0. The van der Waals surface area contributed by atoms with Gasteiger partial charge in [-0.05, 0) is 42.8 Å². The predicted molar refractivity (Wildman–Crippen MR) is 97.7 cm³/mol. The van der Waals surface area contributed by atoms with Gasteiger partial charge in [0.15, 0.2) is 0 Å². The Morgan fingerprint density at radius 3 is 2.62 bits per heavy atom. The second kappa shape index (κ2) is 8.66. The fraction of sp³-hybridized carbons (Fsp3) is 0.211. The van der Waals surface area contributed by atoms with E-state index in [0.717, 1.165) is 17.3 Å². The van der Waals surface area contributed by atoms with E-state index in [1.165, 1.54) is 0 Å². The molecule has 0 aliphatic carbocycles. The third kappa shape index (κ3) is 4.83. The molecule has 2 aromatic heterocycles. The molecule has 3 aromatic rings. The number of pyridine rings is 1. The van der Waals surface area contributed by atoms with E-state index in [4.69, 9.17) is 9.47 Å². The van der Waals surface area contributed by atoms with Crippen LogP contribution in [0.15, 0.2) is 61.3 Å². The van der Waals surface area contributed by atoms with Crippen LogP contribution in [0.3, 0.4) is 0 Å². The number of hydrogen-bond acceptors (Lipinski definition) is 5. The third-order valence-electron chi connectivity index (χ3n) is 3.68. The Labute approximate surface area is 151 Å². The second-order valence-corrected chi connectivity index (χ2v) is 5.55. The van der Waals surface area contributed by atoms with E-state index >= 15 is 0 Å². The van der Waals surface area contributed by atoms with Crippen LogP contribution in [0.1, 0.15) is 12.8 Å². The van der Waals surface area contributed by atoms with Gasteiger partial charge in [0.05, 0.1) is 25.6 Å². The number of carbonyl (C=O) groups is 1. The van der Waals surface area contributed by atoms with Gasteiger partial charge in [0, 0.05) is 18.8 Å². The molecule has 0 aliphatic rings. The van der Waals surface area contributed by atoms with Crippen molar-refractivity contribution < 1.29 is 14.3 Å². The van der Waals surface area contributed by atoms with Gasteiger partial charge in [-0.15, -0.1) is 0 Å². The first-order valence-corrected chi connectivity index (χ1v) is 8.26. The van der Waals surface area contributed by atoms with Crippen LogP contribution in [-0.2, 0) is 4.79 Å². The van der Waals surface area contributed by atoms with Crippen molar-refractivity contribution in [1.29, 1.82) is 0 Å². The molecule has 2 heterocycles. The Morgan fingerprint density at radius 1 is 1.15 bits per heavy atom. The number of rotatable bonds is 8. The summed E-state index contributed by atoms with van der Waals surface area (Å²) in [5.41, 5.74) is 0.662. The SMILES string of the molecule is COc1ccc(OCCCC(=O)Nc2ccc(-n3ccnc3)nc2)cc1. The molecule has 7 nitrogen and oxygen atoms in total. The van der Waals surface area contributed by atoms with Gasteiger partial charge in [-0.3, -0.25) is 9.36 Å². The smallest absolute Gasteiger partial charge is 0.224 e. The molecule has 7 heteroatoms. The lowest BCUT2D eigenvalue weighted by Gasteiger charge is -2.08. The molecule has 1 aromatic carbocycles. The van der Waals surface area contributed by atoms with E-state index in [0.29, 0.717) is 25.1 Å². The lowest BCUT2D eigenvalue weighted by Crippen LogP contribution is -2.13. The maximum Gasteiger partial charge on any atom is 0.224 e. The summed E-state index contributed by atoms with van der Waals surface area (Å²) in [6.45, 7) is 0.470. The highest BCUT2D eigenvalue weighted by molar-refractivity contribution is 5.90. The number of nitrogens with one attached hydrogen (secondary N) is 1. The summed E-state index contributed by atoms with van der Waals surface area (Å²) in [5, 5.41) is 2.83. The van der Waals surface area contributed by atoms with E-state index in [-0.39, 0.29) is 5.91 Å². The van der Waals surface area contributed by atoms with Crippen molar-refractivity contribution in [3.63, 3.8) is 0 Å². The van der Waals surface area contributed by atoms with Gasteiger partial charge in [-0.1, -0.05) is 0 Å². The topological polar surface area (TPSA) is 78.3 Å². The fourth-order valence-electron chi connectivity index (χ4n) is 2.33. The molecule has 1 amide bonds. The lowest BCUT2D eigenvalue weighted by molar-refractivity contribution is -0.116. The highest BCUT2D eigenvalue weighted by Gasteiger charge is 2.04. The molecule has 0 saturated carbocycles. The van der Waals surface area contributed by atoms with E-state index in [1.807, 2.05) is 42.6 Å². The molecule has 0 aliphatic heterocycles. The third-order valence-corrected chi connectivity index (χ3v) is 3.68. The molecule has 0 unspecified atom stereocenters. The average Bonchev–Trinajstić information content (AvgIpc) is 3.21. The Kier molecular flexibility index (Phi) is 5.82. The summed E-state index contributed by atoms with van der Waals surface area (Å²) in [4.78, 5) is 20.3. The minimum absolute atomic E-state index is 0.0690. The monoisotopic (exact) mass is 352 g/mol. The van der Waals surface area contributed by atoms with Crippen molar-refractivity contribution in [3.8, 4) is 17.3 Å². The number of hydrogen-bond donors (Lipinski definition) is 1. The summed E-state index contributed by atoms with van der Waals surface area (Å²) < 4.78 is 12.5. The van der Waals surface area contributed by atoms with Gasteiger partial charge < -0.3 is 14.8 Å². The van der Waals surface area contributed by atoms with Gasteiger partial charge in [0.1, 0.15) is 23.6 Å². The van der Waals surface area contributed by atoms with Crippen LogP contribution in [0.25, 0.3) is 5.82 Å². The Bertz CT molecular complexity index is 815. The first-order valence-electron chi connectivity index (χ1n) is 8.26. The van der Waals surface area contributed by atoms with Gasteiger partial charge >= 0.3 is 0 Å². The van der Waals surface area contributed by atoms with Crippen LogP contribution >= 0.6 is 0 Å². The molecule has 0 spiro atoms. The number of ether oxygens (including phenoxy) is 2. The maximum atomic E-state index is 12.0. The van der Waals surface area contributed by atoms with Crippen molar-refractivity contribution in [2.45, 2.75) is 12.8 Å².